The first-order valence-electron chi connectivity index (χ1n) is 12.4. The summed E-state index contributed by atoms with van der Waals surface area (Å²) < 4.78 is 11.5. The van der Waals surface area contributed by atoms with E-state index in [4.69, 9.17) is 9.15 Å². The Bertz CT molecular complexity index is 1170. The lowest BCUT2D eigenvalue weighted by Gasteiger charge is -2.27. The van der Waals surface area contributed by atoms with Crippen LogP contribution in [0.1, 0.15) is 63.1 Å². The molecule has 192 valence electrons. The van der Waals surface area contributed by atoms with Crippen molar-refractivity contribution in [2.24, 2.45) is 11.3 Å². The number of hydrogen-bond donors (Lipinski definition) is 2. The third kappa shape index (κ3) is 6.36. The summed E-state index contributed by atoms with van der Waals surface area (Å²) in [6.07, 6.45) is 1.96. The minimum absolute atomic E-state index is 0.120. The van der Waals surface area contributed by atoms with Gasteiger partial charge in [-0.25, -0.2) is 0 Å². The van der Waals surface area contributed by atoms with Crippen LogP contribution in [0.2, 0.25) is 0 Å². The van der Waals surface area contributed by atoms with Crippen LogP contribution in [-0.4, -0.2) is 30.1 Å². The van der Waals surface area contributed by atoms with E-state index < -0.39 is 11.9 Å². The number of carboxylic acids is 1. The first kappa shape index (κ1) is 27.1. The quantitative estimate of drug-likeness (QED) is 0.320. The Labute approximate surface area is 213 Å². The maximum absolute atomic E-state index is 13.5. The predicted molar refractivity (Wildman–Crippen MR) is 142 cm³/mol. The standard InChI is InChI=1S/C30H37NO5/c1-19(11-10-14-24(29(33)34)30(3,4)5)31-28(32)25-20(2)36-27(22-12-8-7-9-13-22)26(25)21-15-17-23(35-6)18-16-21/h7-9,12-13,15-19,24H,10-11,14H2,1-6H3,(H,31,32)(H,33,34)/t19-,24?/m1/s1. The Balaban J connectivity index is 1.85. The minimum Gasteiger partial charge on any atom is -0.497 e. The zero-order valence-electron chi connectivity index (χ0n) is 22.1. The van der Waals surface area contributed by atoms with E-state index in [0.29, 0.717) is 36.3 Å². The van der Waals surface area contributed by atoms with Gasteiger partial charge in [0.05, 0.1) is 18.6 Å². The maximum Gasteiger partial charge on any atom is 0.307 e. The van der Waals surface area contributed by atoms with Crippen molar-refractivity contribution < 1.29 is 23.8 Å². The number of methoxy groups -OCH3 is 1. The first-order chi connectivity index (χ1) is 17.0. The highest BCUT2D eigenvalue weighted by atomic mass is 16.5. The van der Waals surface area contributed by atoms with Crippen molar-refractivity contribution in [3.8, 4) is 28.2 Å². The molecule has 2 atom stereocenters. The second-order valence-electron chi connectivity index (χ2n) is 10.4. The van der Waals surface area contributed by atoms with Gasteiger partial charge >= 0.3 is 5.97 Å². The molecule has 1 unspecified atom stereocenters. The molecule has 36 heavy (non-hydrogen) atoms. The highest BCUT2D eigenvalue weighted by molar-refractivity contribution is 6.05. The fraction of sp³-hybridized carbons (Fsp3) is 0.400. The van der Waals surface area contributed by atoms with Crippen molar-refractivity contribution in [2.45, 2.75) is 59.9 Å². The van der Waals surface area contributed by atoms with Gasteiger partial charge in [0, 0.05) is 17.2 Å². The lowest BCUT2D eigenvalue weighted by atomic mass is 9.78. The maximum atomic E-state index is 13.5. The highest BCUT2D eigenvalue weighted by Gasteiger charge is 2.31. The third-order valence-corrected chi connectivity index (χ3v) is 6.58. The molecule has 1 amide bonds. The second kappa shape index (κ2) is 11.5. The molecule has 0 aliphatic heterocycles. The van der Waals surface area contributed by atoms with Crippen LogP contribution in [-0.2, 0) is 4.79 Å². The molecule has 2 N–H and O–H groups in total. The molecule has 0 aliphatic rings. The van der Waals surface area contributed by atoms with E-state index in [-0.39, 0.29) is 17.4 Å². The summed E-state index contributed by atoms with van der Waals surface area (Å²) in [6, 6.07) is 17.2. The molecule has 1 aromatic heterocycles. The van der Waals surface area contributed by atoms with E-state index in [9.17, 15) is 14.7 Å². The Morgan fingerprint density at radius 3 is 2.19 bits per heavy atom. The smallest absolute Gasteiger partial charge is 0.307 e. The number of ether oxygens (including phenoxy) is 1. The van der Waals surface area contributed by atoms with Crippen LogP contribution in [0, 0.1) is 18.3 Å². The van der Waals surface area contributed by atoms with E-state index in [0.717, 1.165) is 22.4 Å². The third-order valence-electron chi connectivity index (χ3n) is 6.58. The molecule has 3 rings (SSSR count). The van der Waals surface area contributed by atoms with Crippen LogP contribution in [0.15, 0.2) is 59.0 Å². The fourth-order valence-corrected chi connectivity index (χ4v) is 4.57. The summed E-state index contributed by atoms with van der Waals surface area (Å²) >= 11 is 0. The Kier molecular flexibility index (Phi) is 8.62. The predicted octanol–water partition coefficient (Wildman–Crippen LogP) is 6.97. The molecule has 0 saturated carbocycles. The number of rotatable bonds is 10. The summed E-state index contributed by atoms with van der Waals surface area (Å²) in [4.78, 5) is 25.2. The number of amides is 1. The number of hydrogen-bond acceptors (Lipinski definition) is 4. The molecule has 6 nitrogen and oxygen atoms in total. The molecule has 0 spiro atoms. The number of nitrogens with one attached hydrogen (secondary N) is 1. The van der Waals surface area contributed by atoms with Gasteiger partial charge in [0.2, 0.25) is 0 Å². The largest absolute Gasteiger partial charge is 0.497 e. The number of benzene rings is 2. The monoisotopic (exact) mass is 491 g/mol. The van der Waals surface area contributed by atoms with Crippen molar-refractivity contribution in [1.29, 1.82) is 0 Å². The molecule has 0 saturated heterocycles. The van der Waals surface area contributed by atoms with Crippen LogP contribution >= 0.6 is 0 Å². The van der Waals surface area contributed by atoms with Gasteiger partial charge in [0.25, 0.3) is 5.91 Å². The first-order valence-corrected chi connectivity index (χ1v) is 12.4. The number of carbonyl (C=O) groups excluding carboxylic acids is 1. The summed E-state index contributed by atoms with van der Waals surface area (Å²) in [6.45, 7) is 9.60. The van der Waals surface area contributed by atoms with Crippen molar-refractivity contribution in [3.63, 3.8) is 0 Å². The molecule has 3 aromatic rings. The van der Waals surface area contributed by atoms with Gasteiger partial charge in [0.15, 0.2) is 0 Å². The fourth-order valence-electron chi connectivity index (χ4n) is 4.57. The molecule has 0 bridgehead atoms. The average molecular weight is 492 g/mol. The van der Waals surface area contributed by atoms with Gasteiger partial charge < -0.3 is 19.6 Å². The topological polar surface area (TPSA) is 88.8 Å². The van der Waals surface area contributed by atoms with Crippen molar-refractivity contribution >= 4 is 11.9 Å². The van der Waals surface area contributed by atoms with Crippen molar-refractivity contribution in [1.82, 2.24) is 5.32 Å². The lowest BCUT2D eigenvalue weighted by molar-refractivity contribution is -0.145. The molecule has 1 heterocycles. The van der Waals surface area contributed by atoms with Crippen LogP contribution in [0.5, 0.6) is 5.75 Å². The van der Waals surface area contributed by atoms with E-state index in [1.807, 2.05) is 82.3 Å². The van der Waals surface area contributed by atoms with Gasteiger partial charge in [-0.2, -0.15) is 0 Å². The van der Waals surface area contributed by atoms with Crippen LogP contribution < -0.4 is 10.1 Å². The zero-order valence-corrected chi connectivity index (χ0v) is 22.1. The number of aryl methyl sites for hydroxylation is 1. The normalized spacial score (nSPS) is 13.2. The molecular weight excluding hydrogens is 454 g/mol. The summed E-state index contributed by atoms with van der Waals surface area (Å²) in [7, 11) is 1.62. The average Bonchev–Trinajstić information content (AvgIpc) is 3.18. The van der Waals surface area contributed by atoms with Gasteiger partial charge in [-0.3, -0.25) is 9.59 Å². The second-order valence-corrected chi connectivity index (χ2v) is 10.4. The molecule has 0 fully saturated rings. The number of furan rings is 1. The van der Waals surface area contributed by atoms with E-state index >= 15 is 0 Å². The number of carboxylic acid groups (broad SMARTS) is 1. The van der Waals surface area contributed by atoms with Gasteiger partial charge in [-0.15, -0.1) is 0 Å². The molecule has 0 aliphatic carbocycles. The van der Waals surface area contributed by atoms with Crippen molar-refractivity contribution in [3.05, 3.63) is 65.9 Å². The lowest BCUT2D eigenvalue weighted by Crippen LogP contribution is -2.33. The SMILES string of the molecule is COc1ccc(-c2c(-c3ccccc3)oc(C)c2C(=O)N[C@H](C)CCCC(C(=O)O)C(C)(C)C)cc1. The van der Waals surface area contributed by atoms with Gasteiger partial charge in [-0.05, 0) is 49.8 Å². The molecule has 0 radical (unpaired) electrons. The molecular formula is C30H37NO5. The van der Waals surface area contributed by atoms with Crippen LogP contribution in [0.3, 0.4) is 0 Å². The summed E-state index contributed by atoms with van der Waals surface area (Å²) in [5.74, 6) is 0.517. The Hall–Kier alpha value is -3.54. The van der Waals surface area contributed by atoms with E-state index in [2.05, 4.69) is 5.32 Å². The van der Waals surface area contributed by atoms with Crippen LogP contribution in [0.4, 0.5) is 0 Å². The van der Waals surface area contributed by atoms with Gasteiger partial charge in [-0.1, -0.05) is 69.7 Å². The Morgan fingerprint density at radius 2 is 1.64 bits per heavy atom. The number of aliphatic carboxylic acids is 1. The number of carbonyl (C=O) groups is 2. The van der Waals surface area contributed by atoms with E-state index in [1.165, 1.54) is 0 Å². The van der Waals surface area contributed by atoms with Crippen molar-refractivity contribution in [2.75, 3.05) is 7.11 Å². The zero-order chi connectivity index (χ0) is 26.5. The van der Waals surface area contributed by atoms with Crippen LogP contribution in [0.25, 0.3) is 22.5 Å². The summed E-state index contributed by atoms with van der Waals surface area (Å²) in [5.41, 5.74) is 2.68. The Morgan fingerprint density at radius 1 is 1.00 bits per heavy atom. The minimum atomic E-state index is -0.772. The highest BCUT2D eigenvalue weighted by Crippen LogP contribution is 2.39. The molecule has 2 aromatic carbocycles. The van der Waals surface area contributed by atoms with Gasteiger partial charge in [0.1, 0.15) is 17.3 Å². The molecule has 6 heteroatoms. The summed E-state index contributed by atoms with van der Waals surface area (Å²) in [5, 5.41) is 12.7. The van der Waals surface area contributed by atoms with E-state index in [1.54, 1.807) is 14.0 Å².